The first-order valence-electron chi connectivity index (χ1n) is 8.45. The lowest BCUT2D eigenvalue weighted by atomic mass is 10.1. The smallest absolute Gasteiger partial charge is 0.358 e. The molecule has 1 atom stereocenters. The maximum Gasteiger partial charge on any atom is 0.358 e. The van der Waals surface area contributed by atoms with Crippen molar-refractivity contribution in [3.63, 3.8) is 0 Å². The van der Waals surface area contributed by atoms with Gasteiger partial charge in [-0.25, -0.2) is 17.9 Å². The van der Waals surface area contributed by atoms with Gasteiger partial charge in [-0.2, -0.15) is 4.31 Å². The average molecular weight is 378 g/mol. The minimum absolute atomic E-state index is 0.0431. The highest BCUT2D eigenvalue weighted by molar-refractivity contribution is 7.88. The van der Waals surface area contributed by atoms with E-state index in [1.54, 1.807) is 0 Å². The number of piperidine rings is 1. The molecule has 0 spiro atoms. The summed E-state index contributed by atoms with van der Waals surface area (Å²) >= 11 is 0. The Morgan fingerprint density at radius 2 is 2.08 bits per heavy atom. The molecule has 1 aliphatic heterocycles. The normalized spacial score (nSPS) is 18.8. The number of aromatic carboxylic acids is 1. The van der Waals surface area contributed by atoms with Crippen LogP contribution in [0.15, 0.2) is 24.4 Å². The van der Waals surface area contributed by atoms with Crippen molar-refractivity contribution >= 4 is 16.0 Å². The van der Waals surface area contributed by atoms with E-state index in [0.29, 0.717) is 13.0 Å². The first-order valence-corrected chi connectivity index (χ1v) is 10.1. The lowest BCUT2D eigenvalue weighted by Crippen LogP contribution is -2.41. The first kappa shape index (κ1) is 18.5. The van der Waals surface area contributed by atoms with Gasteiger partial charge in [-0.1, -0.05) is 23.4 Å². The second-order valence-electron chi connectivity index (χ2n) is 6.72. The molecule has 1 aromatic heterocycles. The molecule has 0 saturated carbocycles. The quantitative estimate of drug-likeness (QED) is 0.850. The number of benzene rings is 1. The fourth-order valence-electron chi connectivity index (χ4n) is 3.14. The fraction of sp³-hybridized carbons (Fsp3) is 0.471. The van der Waals surface area contributed by atoms with Crippen molar-refractivity contribution in [2.75, 3.05) is 13.1 Å². The van der Waals surface area contributed by atoms with Gasteiger partial charge in [0.25, 0.3) is 0 Å². The Labute approximate surface area is 152 Å². The number of aromatic nitrogens is 3. The van der Waals surface area contributed by atoms with Gasteiger partial charge in [0, 0.05) is 13.1 Å². The van der Waals surface area contributed by atoms with Gasteiger partial charge in [-0.05, 0) is 43.4 Å². The number of sulfonamides is 1. The Hall–Kier alpha value is -2.26. The summed E-state index contributed by atoms with van der Waals surface area (Å²) in [4.78, 5) is 11.0. The van der Waals surface area contributed by atoms with E-state index in [2.05, 4.69) is 10.3 Å². The summed E-state index contributed by atoms with van der Waals surface area (Å²) in [6.45, 7) is 4.69. The fourth-order valence-corrected chi connectivity index (χ4v) is 4.73. The molecule has 1 aromatic carbocycles. The maximum absolute atomic E-state index is 12.8. The van der Waals surface area contributed by atoms with Gasteiger partial charge in [0.1, 0.15) is 0 Å². The summed E-state index contributed by atoms with van der Waals surface area (Å²) in [5.74, 6) is -1.19. The second-order valence-corrected chi connectivity index (χ2v) is 8.69. The van der Waals surface area contributed by atoms with Crippen LogP contribution in [0, 0.1) is 13.8 Å². The Morgan fingerprint density at radius 3 is 2.73 bits per heavy atom. The predicted octanol–water partition coefficient (Wildman–Crippen LogP) is 1.76. The zero-order valence-electron chi connectivity index (χ0n) is 14.8. The molecule has 1 fully saturated rings. The number of hydrogen-bond acceptors (Lipinski definition) is 5. The molecule has 26 heavy (non-hydrogen) atoms. The lowest BCUT2D eigenvalue weighted by Gasteiger charge is -2.31. The minimum atomic E-state index is -3.46. The van der Waals surface area contributed by atoms with Gasteiger partial charge in [-0.3, -0.25) is 0 Å². The van der Waals surface area contributed by atoms with Crippen LogP contribution in [-0.2, 0) is 15.8 Å². The molecule has 1 saturated heterocycles. The number of hydrogen-bond donors (Lipinski definition) is 1. The third-order valence-corrected chi connectivity index (χ3v) is 6.59. The third-order valence-electron chi connectivity index (χ3n) is 4.78. The molecule has 1 aliphatic rings. The monoisotopic (exact) mass is 378 g/mol. The van der Waals surface area contributed by atoms with E-state index >= 15 is 0 Å². The van der Waals surface area contributed by atoms with Crippen molar-refractivity contribution < 1.29 is 18.3 Å². The highest BCUT2D eigenvalue weighted by Gasteiger charge is 2.30. The lowest BCUT2D eigenvalue weighted by molar-refractivity contribution is 0.0690. The molecule has 140 valence electrons. The van der Waals surface area contributed by atoms with Crippen LogP contribution in [0.1, 0.15) is 46.1 Å². The maximum atomic E-state index is 12.8. The molecule has 0 radical (unpaired) electrons. The van der Waals surface area contributed by atoms with E-state index in [-0.39, 0.29) is 24.0 Å². The van der Waals surface area contributed by atoms with Crippen molar-refractivity contribution in [3.8, 4) is 0 Å². The van der Waals surface area contributed by atoms with E-state index in [4.69, 9.17) is 5.11 Å². The highest BCUT2D eigenvalue weighted by Crippen LogP contribution is 2.25. The van der Waals surface area contributed by atoms with Crippen LogP contribution in [0.2, 0.25) is 0 Å². The van der Waals surface area contributed by atoms with Crippen molar-refractivity contribution in [2.45, 2.75) is 38.5 Å². The van der Waals surface area contributed by atoms with Crippen LogP contribution in [-0.4, -0.2) is 51.9 Å². The van der Waals surface area contributed by atoms with Crippen LogP contribution >= 0.6 is 0 Å². The summed E-state index contributed by atoms with van der Waals surface area (Å²) < 4.78 is 28.6. The molecule has 2 aromatic rings. The summed E-state index contributed by atoms with van der Waals surface area (Å²) in [6, 6.07) is 5.48. The molecule has 2 heterocycles. The van der Waals surface area contributed by atoms with E-state index < -0.39 is 16.0 Å². The van der Waals surface area contributed by atoms with E-state index in [9.17, 15) is 13.2 Å². The summed E-state index contributed by atoms with van der Waals surface area (Å²) in [6.07, 6.45) is 2.78. The van der Waals surface area contributed by atoms with Gasteiger partial charge >= 0.3 is 5.97 Å². The van der Waals surface area contributed by atoms with Gasteiger partial charge in [0.05, 0.1) is 18.0 Å². The molecule has 1 unspecified atom stereocenters. The Morgan fingerprint density at radius 1 is 1.31 bits per heavy atom. The van der Waals surface area contributed by atoms with E-state index in [1.165, 1.54) is 15.2 Å². The number of carboxylic acid groups (broad SMARTS) is 1. The number of carbonyl (C=O) groups is 1. The summed E-state index contributed by atoms with van der Waals surface area (Å²) in [7, 11) is -3.46. The number of aryl methyl sites for hydroxylation is 2. The molecule has 0 aliphatic carbocycles. The number of rotatable bonds is 5. The minimum Gasteiger partial charge on any atom is -0.476 e. The third kappa shape index (κ3) is 3.94. The van der Waals surface area contributed by atoms with Gasteiger partial charge in [-0.15, -0.1) is 5.10 Å². The molecule has 1 N–H and O–H groups in total. The van der Waals surface area contributed by atoms with Crippen LogP contribution < -0.4 is 0 Å². The predicted molar refractivity (Wildman–Crippen MR) is 95.4 cm³/mol. The molecular weight excluding hydrogens is 356 g/mol. The largest absolute Gasteiger partial charge is 0.476 e. The van der Waals surface area contributed by atoms with Crippen LogP contribution in [0.5, 0.6) is 0 Å². The average Bonchev–Trinajstić information content (AvgIpc) is 3.08. The van der Waals surface area contributed by atoms with Gasteiger partial charge in [0.15, 0.2) is 5.69 Å². The van der Waals surface area contributed by atoms with Crippen molar-refractivity contribution in [3.05, 3.63) is 46.8 Å². The topological polar surface area (TPSA) is 105 Å². The van der Waals surface area contributed by atoms with Crippen molar-refractivity contribution in [1.82, 2.24) is 19.3 Å². The van der Waals surface area contributed by atoms with Crippen LogP contribution in [0.25, 0.3) is 0 Å². The highest BCUT2D eigenvalue weighted by atomic mass is 32.2. The van der Waals surface area contributed by atoms with Crippen molar-refractivity contribution in [1.29, 1.82) is 0 Å². The Bertz CT molecular complexity index is 923. The zero-order chi connectivity index (χ0) is 18.9. The number of nitrogens with zero attached hydrogens (tertiary/aromatic N) is 4. The molecule has 3 rings (SSSR count). The van der Waals surface area contributed by atoms with E-state index in [1.807, 2.05) is 32.0 Å². The molecule has 0 amide bonds. The van der Waals surface area contributed by atoms with Crippen LogP contribution in [0.4, 0.5) is 0 Å². The van der Waals surface area contributed by atoms with E-state index in [0.717, 1.165) is 23.1 Å². The summed E-state index contributed by atoms with van der Waals surface area (Å²) in [5.41, 5.74) is 2.83. The molecule has 0 bridgehead atoms. The molecule has 9 heteroatoms. The molecular formula is C17H22N4O4S. The molecule has 8 nitrogen and oxygen atoms in total. The van der Waals surface area contributed by atoms with Crippen molar-refractivity contribution in [2.24, 2.45) is 0 Å². The SMILES string of the molecule is Cc1ccc(CS(=O)(=O)N2CCCC(n3cc(C(=O)O)nn3)C2)cc1C. The van der Waals surface area contributed by atoms with Gasteiger partial charge < -0.3 is 5.11 Å². The zero-order valence-corrected chi connectivity index (χ0v) is 15.6. The Kier molecular flexibility index (Phi) is 5.10. The first-order chi connectivity index (χ1) is 12.3. The van der Waals surface area contributed by atoms with Crippen LogP contribution in [0.3, 0.4) is 0 Å². The Balaban J connectivity index is 1.74. The standard InChI is InChI=1S/C17H22N4O4S/c1-12-5-6-14(8-13(12)2)11-26(24,25)20-7-3-4-15(9-20)21-10-16(17(22)23)18-19-21/h5-6,8,10,15H,3-4,7,9,11H2,1-2H3,(H,22,23). The van der Waals surface area contributed by atoms with Gasteiger partial charge in [0.2, 0.25) is 10.0 Å². The summed E-state index contributed by atoms with van der Waals surface area (Å²) in [5, 5.41) is 16.4. The number of carboxylic acids is 1. The second kappa shape index (κ2) is 7.16.